The normalized spacial score (nSPS) is 37.9. The molecule has 5 nitrogen and oxygen atoms in total. The van der Waals surface area contributed by atoms with Crippen molar-refractivity contribution < 1.29 is 24.2 Å². The number of carbonyl (C=O) groups is 2. The summed E-state index contributed by atoms with van der Waals surface area (Å²) in [5, 5.41) is 10.2. The zero-order valence-electron chi connectivity index (χ0n) is 15.6. The summed E-state index contributed by atoms with van der Waals surface area (Å²) in [4.78, 5) is 24.4. The number of carbonyl (C=O) groups excluding carboxylic acids is 2. The van der Waals surface area contributed by atoms with Gasteiger partial charge < -0.3 is 14.6 Å². The van der Waals surface area contributed by atoms with Gasteiger partial charge in [0.25, 0.3) is 0 Å². The molecule has 0 unspecified atom stereocenters. The second kappa shape index (κ2) is 8.00. The molecule has 1 aliphatic heterocycles. The van der Waals surface area contributed by atoms with Crippen LogP contribution in [0, 0.1) is 11.8 Å². The minimum atomic E-state index is -0.601. The number of allylic oxidation sites excluding steroid dienone is 1. The van der Waals surface area contributed by atoms with Gasteiger partial charge in [0.05, 0.1) is 17.9 Å². The molecule has 0 aromatic heterocycles. The molecule has 2 rings (SSSR count). The van der Waals surface area contributed by atoms with Crippen LogP contribution in [0.1, 0.15) is 47.5 Å². The van der Waals surface area contributed by atoms with E-state index in [2.05, 4.69) is 0 Å². The van der Waals surface area contributed by atoms with E-state index in [9.17, 15) is 14.7 Å². The molecule has 1 N–H and O–H groups in total. The Morgan fingerprint density at radius 2 is 1.92 bits per heavy atom. The molecule has 138 valence electrons. The first-order chi connectivity index (χ1) is 11.7. The summed E-state index contributed by atoms with van der Waals surface area (Å²) < 4.78 is 11.3. The van der Waals surface area contributed by atoms with Crippen LogP contribution in [0.15, 0.2) is 34.9 Å². The Bertz CT molecular complexity index is 628. The van der Waals surface area contributed by atoms with Crippen LogP contribution in [0.3, 0.4) is 0 Å². The molecule has 0 amide bonds. The van der Waals surface area contributed by atoms with E-state index in [1.54, 1.807) is 26.0 Å². The highest BCUT2D eigenvalue weighted by atomic mass is 16.6. The molecule has 1 fully saturated rings. The fourth-order valence-corrected chi connectivity index (χ4v) is 3.50. The van der Waals surface area contributed by atoms with Gasteiger partial charge in [-0.05, 0) is 40.2 Å². The van der Waals surface area contributed by atoms with Crippen LogP contribution in [0.5, 0.6) is 0 Å². The molecular formula is C20H28O5. The van der Waals surface area contributed by atoms with Crippen molar-refractivity contribution in [2.45, 2.75) is 65.8 Å². The third kappa shape index (κ3) is 4.60. The molecule has 0 bridgehead atoms. The van der Waals surface area contributed by atoms with Gasteiger partial charge in [-0.1, -0.05) is 30.2 Å². The second-order valence-corrected chi connectivity index (χ2v) is 7.18. The first kappa shape index (κ1) is 19.4. The lowest BCUT2D eigenvalue weighted by Gasteiger charge is -2.29. The fourth-order valence-electron chi connectivity index (χ4n) is 3.50. The van der Waals surface area contributed by atoms with Crippen molar-refractivity contribution in [3.05, 3.63) is 34.9 Å². The standard InChI is InChI=1S/C20H28O5/c1-6-13(4)19(22)24-16-9-11(2)7-15(21)8-12(3)10-17-18(16)14(5)20(23)25-17/h6-7,10,14-18,21H,8-9H2,1-5H3/b11-7+,12-10+,13-6+/t14-,15+,16-,17+,18+/m0/s1. The van der Waals surface area contributed by atoms with Crippen molar-refractivity contribution in [3.8, 4) is 0 Å². The van der Waals surface area contributed by atoms with E-state index in [-0.39, 0.29) is 23.8 Å². The summed E-state index contributed by atoms with van der Waals surface area (Å²) in [6.45, 7) is 9.12. The van der Waals surface area contributed by atoms with Crippen LogP contribution in [-0.2, 0) is 19.1 Å². The lowest BCUT2D eigenvalue weighted by Crippen LogP contribution is -2.36. The van der Waals surface area contributed by atoms with Crippen LogP contribution in [0.2, 0.25) is 0 Å². The Hall–Kier alpha value is -1.88. The van der Waals surface area contributed by atoms with Gasteiger partial charge in [-0.25, -0.2) is 4.79 Å². The Balaban J connectivity index is 2.40. The van der Waals surface area contributed by atoms with Crippen molar-refractivity contribution in [3.63, 3.8) is 0 Å². The van der Waals surface area contributed by atoms with Gasteiger partial charge in [0, 0.05) is 12.0 Å². The molecule has 1 saturated heterocycles. The smallest absolute Gasteiger partial charge is 0.333 e. The Morgan fingerprint density at radius 3 is 2.56 bits per heavy atom. The maximum atomic E-state index is 12.3. The summed E-state index contributed by atoms with van der Waals surface area (Å²) in [5.74, 6) is -1.25. The van der Waals surface area contributed by atoms with E-state index in [1.165, 1.54) is 0 Å². The third-order valence-corrected chi connectivity index (χ3v) is 5.00. The Kier molecular flexibility index (Phi) is 6.22. The van der Waals surface area contributed by atoms with Gasteiger partial charge in [0.2, 0.25) is 0 Å². The molecule has 0 radical (unpaired) electrons. The first-order valence-corrected chi connectivity index (χ1v) is 8.80. The SMILES string of the molecule is C/C=C(\C)C(=O)O[C@H]1C/C(C)=C/[C@@H](O)C/C(C)=C/[C@H]2OC(=O)[C@@H](C)[C@H]12. The quantitative estimate of drug-likeness (QED) is 0.472. The molecular weight excluding hydrogens is 320 g/mol. The molecule has 0 aromatic carbocycles. The van der Waals surface area contributed by atoms with Gasteiger partial charge in [0.1, 0.15) is 12.2 Å². The lowest BCUT2D eigenvalue weighted by molar-refractivity contribution is -0.148. The Labute approximate surface area is 149 Å². The summed E-state index contributed by atoms with van der Waals surface area (Å²) in [5.41, 5.74) is 2.41. The van der Waals surface area contributed by atoms with E-state index in [4.69, 9.17) is 9.47 Å². The van der Waals surface area contributed by atoms with E-state index >= 15 is 0 Å². The van der Waals surface area contributed by atoms with Gasteiger partial charge in [-0.15, -0.1) is 0 Å². The predicted molar refractivity (Wildman–Crippen MR) is 94.6 cm³/mol. The van der Waals surface area contributed by atoms with Crippen molar-refractivity contribution in [1.82, 2.24) is 0 Å². The maximum Gasteiger partial charge on any atom is 0.333 e. The third-order valence-electron chi connectivity index (χ3n) is 5.00. The summed E-state index contributed by atoms with van der Waals surface area (Å²) in [6, 6.07) is 0. The molecule has 5 heteroatoms. The number of aliphatic hydroxyl groups excluding tert-OH is 1. The molecule has 1 heterocycles. The maximum absolute atomic E-state index is 12.3. The topological polar surface area (TPSA) is 72.8 Å². The van der Waals surface area contributed by atoms with Gasteiger partial charge in [-0.3, -0.25) is 4.79 Å². The van der Waals surface area contributed by atoms with Gasteiger partial charge in [0.15, 0.2) is 0 Å². The molecule has 0 saturated carbocycles. The van der Waals surface area contributed by atoms with E-state index in [0.717, 1.165) is 11.1 Å². The monoisotopic (exact) mass is 348 g/mol. The number of fused-ring (bicyclic) bond motifs is 1. The zero-order valence-corrected chi connectivity index (χ0v) is 15.6. The molecule has 0 spiro atoms. The van der Waals surface area contributed by atoms with Crippen LogP contribution < -0.4 is 0 Å². The number of rotatable bonds is 2. The van der Waals surface area contributed by atoms with Crippen LogP contribution in [-0.4, -0.2) is 35.4 Å². The minimum absolute atomic E-state index is 0.241. The minimum Gasteiger partial charge on any atom is -0.458 e. The summed E-state index contributed by atoms with van der Waals surface area (Å²) >= 11 is 0. The van der Waals surface area contributed by atoms with Crippen LogP contribution in [0.25, 0.3) is 0 Å². The van der Waals surface area contributed by atoms with Crippen LogP contribution >= 0.6 is 0 Å². The average Bonchev–Trinajstić information content (AvgIpc) is 2.78. The largest absolute Gasteiger partial charge is 0.458 e. The predicted octanol–water partition coefficient (Wildman–Crippen LogP) is 3.09. The van der Waals surface area contributed by atoms with Gasteiger partial charge in [-0.2, -0.15) is 0 Å². The molecule has 0 aromatic rings. The second-order valence-electron chi connectivity index (χ2n) is 7.18. The summed E-state index contributed by atoms with van der Waals surface area (Å²) in [6.07, 6.45) is 4.82. The highest BCUT2D eigenvalue weighted by Gasteiger charge is 2.47. The molecule has 5 atom stereocenters. The van der Waals surface area contributed by atoms with E-state index < -0.39 is 18.3 Å². The number of hydrogen-bond acceptors (Lipinski definition) is 5. The number of esters is 2. The van der Waals surface area contributed by atoms with Crippen molar-refractivity contribution in [2.24, 2.45) is 11.8 Å². The number of aliphatic hydroxyl groups is 1. The van der Waals surface area contributed by atoms with E-state index in [0.29, 0.717) is 18.4 Å². The van der Waals surface area contributed by atoms with Crippen LogP contribution in [0.4, 0.5) is 0 Å². The number of ether oxygens (including phenoxy) is 2. The summed E-state index contributed by atoms with van der Waals surface area (Å²) in [7, 11) is 0. The highest BCUT2D eigenvalue weighted by Crippen LogP contribution is 2.37. The number of hydrogen-bond donors (Lipinski definition) is 1. The molecule has 25 heavy (non-hydrogen) atoms. The lowest BCUT2D eigenvalue weighted by atomic mass is 9.82. The molecule has 2 aliphatic rings. The fraction of sp³-hybridized carbons (Fsp3) is 0.600. The van der Waals surface area contributed by atoms with Crippen molar-refractivity contribution >= 4 is 11.9 Å². The van der Waals surface area contributed by atoms with Crippen molar-refractivity contribution in [1.29, 1.82) is 0 Å². The van der Waals surface area contributed by atoms with Crippen molar-refractivity contribution in [2.75, 3.05) is 0 Å². The first-order valence-electron chi connectivity index (χ1n) is 8.80. The molecule has 1 aliphatic carbocycles. The zero-order chi connectivity index (χ0) is 18.7. The highest BCUT2D eigenvalue weighted by molar-refractivity contribution is 5.87. The Morgan fingerprint density at radius 1 is 1.28 bits per heavy atom. The average molecular weight is 348 g/mol. The van der Waals surface area contributed by atoms with Gasteiger partial charge >= 0.3 is 11.9 Å². The van der Waals surface area contributed by atoms with E-state index in [1.807, 2.05) is 26.8 Å².